The highest BCUT2D eigenvalue weighted by Gasteiger charge is 2.12. The second-order valence-corrected chi connectivity index (χ2v) is 4.24. The van der Waals surface area contributed by atoms with Crippen LogP contribution in [0.25, 0.3) is 0 Å². The molecule has 0 spiro atoms. The molecule has 0 saturated heterocycles. The van der Waals surface area contributed by atoms with Gasteiger partial charge in [-0.2, -0.15) is 0 Å². The molecule has 0 aromatic rings. The van der Waals surface area contributed by atoms with Gasteiger partial charge < -0.3 is 11.1 Å². The largest absolute Gasteiger partial charge is 0.354 e. The Morgan fingerprint density at radius 2 is 2.00 bits per heavy atom. The number of carbonyl (C=O) groups excluding carboxylic acids is 1. The summed E-state index contributed by atoms with van der Waals surface area (Å²) in [4.78, 5) is 11.4. The van der Waals surface area contributed by atoms with Crippen molar-refractivity contribution in [3.63, 3.8) is 0 Å². The number of hydrogen-bond donors (Lipinski definition) is 2. The van der Waals surface area contributed by atoms with Crippen LogP contribution in [0, 0.1) is 5.92 Å². The number of nitrogens with two attached hydrogens (primary N) is 1. The monoisotopic (exact) mass is 200 g/mol. The first-order valence-electron chi connectivity index (χ1n) is 5.61. The van der Waals surface area contributed by atoms with E-state index in [4.69, 9.17) is 5.73 Å². The van der Waals surface area contributed by atoms with E-state index in [0.717, 1.165) is 25.8 Å². The van der Waals surface area contributed by atoms with Crippen LogP contribution in [-0.2, 0) is 4.79 Å². The zero-order chi connectivity index (χ0) is 11.0. The molecular weight excluding hydrogens is 176 g/mol. The van der Waals surface area contributed by atoms with Crippen molar-refractivity contribution < 1.29 is 4.79 Å². The molecular formula is C11H24N2O. The number of hydrogen-bond acceptors (Lipinski definition) is 2. The van der Waals surface area contributed by atoms with Gasteiger partial charge in [0, 0.05) is 6.54 Å². The highest BCUT2D eigenvalue weighted by Crippen LogP contribution is 2.01. The Bertz CT molecular complexity index is 157. The first kappa shape index (κ1) is 13.4. The van der Waals surface area contributed by atoms with Gasteiger partial charge in [0.2, 0.25) is 5.91 Å². The maximum Gasteiger partial charge on any atom is 0.236 e. The van der Waals surface area contributed by atoms with Crippen LogP contribution in [0.5, 0.6) is 0 Å². The third kappa shape index (κ3) is 6.89. The first-order chi connectivity index (χ1) is 6.57. The number of amides is 1. The maximum atomic E-state index is 11.4. The van der Waals surface area contributed by atoms with Crippen molar-refractivity contribution in [2.24, 2.45) is 11.7 Å². The summed E-state index contributed by atoms with van der Waals surface area (Å²) in [7, 11) is 0. The van der Waals surface area contributed by atoms with Crippen LogP contribution in [0.4, 0.5) is 0 Å². The molecule has 0 aromatic carbocycles. The van der Waals surface area contributed by atoms with Gasteiger partial charge in [-0.1, -0.05) is 40.0 Å². The molecule has 0 aliphatic heterocycles. The molecule has 0 aromatic heterocycles. The number of carbonyl (C=O) groups is 1. The van der Waals surface area contributed by atoms with Crippen LogP contribution in [0.15, 0.2) is 0 Å². The summed E-state index contributed by atoms with van der Waals surface area (Å²) >= 11 is 0. The van der Waals surface area contributed by atoms with Gasteiger partial charge in [-0.15, -0.1) is 0 Å². The predicted octanol–water partition coefficient (Wildman–Crippen LogP) is 1.67. The van der Waals surface area contributed by atoms with E-state index in [0.29, 0.717) is 5.92 Å². The van der Waals surface area contributed by atoms with Crippen molar-refractivity contribution in [3.8, 4) is 0 Å². The molecule has 0 heterocycles. The molecule has 0 radical (unpaired) electrons. The molecule has 14 heavy (non-hydrogen) atoms. The summed E-state index contributed by atoms with van der Waals surface area (Å²) in [6.45, 7) is 7.01. The molecule has 0 aliphatic rings. The summed E-state index contributed by atoms with van der Waals surface area (Å²) in [5.41, 5.74) is 5.73. The fourth-order valence-electron chi connectivity index (χ4n) is 1.18. The maximum absolute atomic E-state index is 11.4. The fourth-order valence-corrected chi connectivity index (χ4v) is 1.18. The molecule has 84 valence electrons. The summed E-state index contributed by atoms with van der Waals surface area (Å²) in [5, 5.41) is 2.84. The van der Waals surface area contributed by atoms with Crippen molar-refractivity contribution >= 4 is 5.91 Å². The van der Waals surface area contributed by atoms with Gasteiger partial charge in [-0.25, -0.2) is 0 Å². The van der Waals surface area contributed by atoms with Crippen molar-refractivity contribution in [1.82, 2.24) is 5.32 Å². The van der Waals surface area contributed by atoms with Crippen LogP contribution in [0.2, 0.25) is 0 Å². The molecule has 1 amide bonds. The normalized spacial score (nSPS) is 12.9. The zero-order valence-corrected chi connectivity index (χ0v) is 9.68. The molecule has 3 heteroatoms. The lowest BCUT2D eigenvalue weighted by Gasteiger charge is -2.13. The van der Waals surface area contributed by atoms with Crippen LogP contribution in [-0.4, -0.2) is 18.5 Å². The average Bonchev–Trinajstić information content (AvgIpc) is 2.14. The average molecular weight is 200 g/mol. The Morgan fingerprint density at radius 3 is 2.50 bits per heavy atom. The smallest absolute Gasteiger partial charge is 0.236 e. The summed E-state index contributed by atoms with van der Waals surface area (Å²) in [6, 6.07) is -0.319. The minimum absolute atomic E-state index is 0.00481. The fraction of sp³-hybridized carbons (Fsp3) is 0.909. The molecule has 0 saturated carbocycles. The van der Waals surface area contributed by atoms with E-state index in [9.17, 15) is 4.79 Å². The molecule has 0 rings (SSSR count). The topological polar surface area (TPSA) is 55.1 Å². The Hall–Kier alpha value is -0.570. The molecule has 3 nitrogen and oxygen atoms in total. The summed E-state index contributed by atoms with van der Waals surface area (Å²) in [5.74, 6) is 0.483. The Kier molecular flexibility index (Phi) is 7.48. The SMILES string of the molecule is CCCCCC(N)C(=O)NCC(C)C. The zero-order valence-electron chi connectivity index (χ0n) is 9.68. The number of nitrogens with one attached hydrogen (secondary N) is 1. The molecule has 3 N–H and O–H groups in total. The first-order valence-corrected chi connectivity index (χ1v) is 5.61. The van der Waals surface area contributed by atoms with Gasteiger partial charge in [0.25, 0.3) is 0 Å². The second-order valence-electron chi connectivity index (χ2n) is 4.24. The minimum Gasteiger partial charge on any atom is -0.354 e. The molecule has 0 fully saturated rings. The Labute approximate surface area is 87.4 Å². The number of unbranched alkanes of at least 4 members (excludes halogenated alkanes) is 2. The van der Waals surface area contributed by atoms with E-state index >= 15 is 0 Å². The highest BCUT2D eigenvalue weighted by molar-refractivity contribution is 5.81. The van der Waals surface area contributed by atoms with Crippen molar-refractivity contribution in [2.45, 2.75) is 52.5 Å². The lowest BCUT2D eigenvalue weighted by atomic mass is 10.1. The highest BCUT2D eigenvalue weighted by atomic mass is 16.2. The lowest BCUT2D eigenvalue weighted by molar-refractivity contribution is -0.122. The van der Waals surface area contributed by atoms with Crippen LogP contribution < -0.4 is 11.1 Å². The summed E-state index contributed by atoms with van der Waals surface area (Å²) in [6.07, 6.45) is 4.18. The second kappa shape index (κ2) is 7.80. The number of rotatable bonds is 7. The van der Waals surface area contributed by atoms with Crippen molar-refractivity contribution in [1.29, 1.82) is 0 Å². The van der Waals surface area contributed by atoms with Crippen LogP contribution in [0.1, 0.15) is 46.5 Å². The van der Waals surface area contributed by atoms with Crippen LogP contribution in [0.3, 0.4) is 0 Å². The lowest BCUT2D eigenvalue weighted by Crippen LogP contribution is -2.41. The van der Waals surface area contributed by atoms with Gasteiger partial charge in [0.15, 0.2) is 0 Å². The predicted molar refractivity (Wildman–Crippen MR) is 60.0 cm³/mol. The van der Waals surface area contributed by atoms with E-state index in [2.05, 4.69) is 26.1 Å². The van der Waals surface area contributed by atoms with E-state index in [-0.39, 0.29) is 11.9 Å². The van der Waals surface area contributed by atoms with E-state index in [1.807, 2.05) is 0 Å². The standard InChI is InChI=1S/C11H24N2O/c1-4-5-6-7-10(12)11(14)13-8-9(2)3/h9-10H,4-8,12H2,1-3H3,(H,13,14). The van der Waals surface area contributed by atoms with Gasteiger partial charge in [-0.05, 0) is 12.3 Å². The van der Waals surface area contributed by atoms with Crippen molar-refractivity contribution in [3.05, 3.63) is 0 Å². The van der Waals surface area contributed by atoms with E-state index in [1.54, 1.807) is 0 Å². The van der Waals surface area contributed by atoms with Gasteiger partial charge in [-0.3, -0.25) is 4.79 Å². The van der Waals surface area contributed by atoms with Crippen LogP contribution >= 0.6 is 0 Å². The van der Waals surface area contributed by atoms with Gasteiger partial charge >= 0.3 is 0 Å². The van der Waals surface area contributed by atoms with Gasteiger partial charge in [0.1, 0.15) is 0 Å². The molecule has 0 bridgehead atoms. The summed E-state index contributed by atoms with van der Waals surface area (Å²) < 4.78 is 0. The van der Waals surface area contributed by atoms with E-state index < -0.39 is 0 Å². The molecule has 0 aliphatic carbocycles. The minimum atomic E-state index is -0.319. The molecule has 1 unspecified atom stereocenters. The van der Waals surface area contributed by atoms with Gasteiger partial charge in [0.05, 0.1) is 6.04 Å². The quantitative estimate of drug-likeness (QED) is 0.614. The Morgan fingerprint density at radius 1 is 1.36 bits per heavy atom. The third-order valence-corrected chi connectivity index (χ3v) is 2.14. The Balaban J connectivity index is 3.54. The molecule has 1 atom stereocenters. The van der Waals surface area contributed by atoms with Crippen molar-refractivity contribution in [2.75, 3.05) is 6.54 Å². The third-order valence-electron chi connectivity index (χ3n) is 2.14. The van der Waals surface area contributed by atoms with E-state index in [1.165, 1.54) is 6.42 Å².